The normalized spacial score (nSPS) is 15.4. The van der Waals surface area contributed by atoms with Gasteiger partial charge in [-0.3, -0.25) is 4.79 Å². The van der Waals surface area contributed by atoms with E-state index in [4.69, 9.17) is 4.74 Å². The van der Waals surface area contributed by atoms with Crippen LogP contribution in [-0.4, -0.2) is 33.0 Å². The lowest BCUT2D eigenvalue weighted by Crippen LogP contribution is -2.53. The Bertz CT molecular complexity index is 1300. The number of halogens is 3. The fraction of sp³-hybridized carbons (Fsp3) is 0.379. The minimum absolute atomic E-state index is 0.0716. The van der Waals surface area contributed by atoms with Crippen LogP contribution >= 0.6 is 11.8 Å². The van der Waals surface area contributed by atoms with Crippen molar-refractivity contribution >= 4 is 34.4 Å². The van der Waals surface area contributed by atoms with Gasteiger partial charge in [-0.2, -0.15) is 13.2 Å². The lowest BCUT2D eigenvalue weighted by atomic mass is 10.0. The van der Waals surface area contributed by atoms with Crippen molar-refractivity contribution in [3.8, 4) is 5.75 Å². The molecule has 0 aliphatic heterocycles. The molecule has 1 saturated carbocycles. The number of carboxylic acids is 1. The van der Waals surface area contributed by atoms with Crippen LogP contribution in [0.2, 0.25) is 0 Å². The Morgan fingerprint density at radius 1 is 1.03 bits per heavy atom. The second kappa shape index (κ2) is 11.3. The van der Waals surface area contributed by atoms with Gasteiger partial charge >= 0.3 is 12.1 Å². The largest absolute Gasteiger partial charge is 0.487 e. The molecule has 9 heteroatoms. The topological polar surface area (TPSA) is 75.6 Å². The Morgan fingerprint density at radius 2 is 1.68 bits per heavy atom. The van der Waals surface area contributed by atoms with Gasteiger partial charge < -0.3 is 15.2 Å². The number of aliphatic carboxylic acids is 1. The molecule has 1 aliphatic carbocycles. The van der Waals surface area contributed by atoms with Gasteiger partial charge in [-0.05, 0) is 55.8 Å². The number of alkyl halides is 3. The number of nitrogens with one attached hydrogen (secondary N) is 1. The predicted octanol–water partition coefficient (Wildman–Crippen LogP) is 7.08. The van der Waals surface area contributed by atoms with Crippen molar-refractivity contribution in [3.63, 3.8) is 0 Å². The summed E-state index contributed by atoms with van der Waals surface area (Å²) in [6.45, 7) is 3.59. The molecule has 4 rings (SSSR count). The van der Waals surface area contributed by atoms with Crippen molar-refractivity contribution in [2.45, 2.75) is 68.4 Å². The Labute approximate surface area is 223 Å². The van der Waals surface area contributed by atoms with E-state index in [1.165, 1.54) is 12.1 Å². The summed E-state index contributed by atoms with van der Waals surface area (Å²) in [6, 6.07) is 14.1. The van der Waals surface area contributed by atoms with Crippen LogP contribution < -0.4 is 10.1 Å². The first-order valence-electron chi connectivity index (χ1n) is 12.5. The van der Waals surface area contributed by atoms with E-state index in [2.05, 4.69) is 5.32 Å². The molecule has 1 aliphatic rings. The van der Waals surface area contributed by atoms with Crippen molar-refractivity contribution in [1.29, 1.82) is 0 Å². The van der Waals surface area contributed by atoms with Gasteiger partial charge in [-0.25, -0.2) is 4.79 Å². The molecule has 5 nitrogen and oxygen atoms in total. The third kappa shape index (κ3) is 6.43. The smallest absolute Gasteiger partial charge is 0.416 e. The van der Waals surface area contributed by atoms with E-state index in [0.717, 1.165) is 43.2 Å². The number of benzene rings is 3. The summed E-state index contributed by atoms with van der Waals surface area (Å²) in [4.78, 5) is 25.7. The number of hydrogen-bond donors (Lipinski definition) is 2. The molecule has 0 spiro atoms. The summed E-state index contributed by atoms with van der Waals surface area (Å²) < 4.78 is 44.0. The fourth-order valence-electron chi connectivity index (χ4n) is 4.77. The van der Waals surface area contributed by atoms with Crippen molar-refractivity contribution in [2.24, 2.45) is 0 Å². The van der Waals surface area contributed by atoms with Crippen molar-refractivity contribution in [3.05, 3.63) is 77.4 Å². The summed E-state index contributed by atoms with van der Waals surface area (Å²) in [7, 11) is 0. The van der Waals surface area contributed by atoms with Gasteiger partial charge in [0.05, 0.1) is 11.1 Å². The second-order valence-corrected chi connectivity index (χ2v) is 12.0. The standard InChI is InChI=1S/C29H30F3NO4S/c1-28(2,38-21-8-4-5-9-21)25(27(35)36)33-26(34)23-16-13-19-7-3-6-10-22(19)24(23)37-17-18-11-14-20(15-12-18)29(30,31)32/h3,6-7,10-16,21,25H,4-5,8-9,17H2,1-2H3,(H,33,34)(H,35,36). The van der Waals surface area contributed by atoms with Gasteiger partial charge in [-0.1, -0.05) is 55.3 Å². The zero-order chi connectivity index (χ0) is 27.5. The van der Waals surface area contributed by atoms with Crippen LogP contribution in [0.1, 0.15) is 61.0 Å². The van der Waals surface area contributed by atoms with E-state index >= 15 is 0 Å². The molecule has 0 aromatic heterocycles. The van der Waals surface area contributed by atoms with Crippen LogP contribution in [0.5, 0.6) is 5.75 Å². The Hall–Kier alpha value is -3.20. The minimum Gasteiger partial charge on any atom is -0.487 e. The SMILES string of the molecule is CC(C)(SC1CCCC1)C(NC(=O)c1ccc2ccccc2c1OCc1ccc(C(F)(F)F)cc1)C(=O)O. The number of fused-ring (bicyclic) bond motifs is 1. The van der Waals surface area contributed by atoms with E-state index in [0.29, 0.717) is 16.2 Å². The Balaban J connectivity index is 1.60. The van der Waals surface area contributed by atoms with Crippen LogP contribution in [0.15, 0.2) is 60.7 Å². The first-order chi connectivity index (χ1) is 18.0. The van der Waals surface area contributed by atoms with Crippen molar-refractivity contribution in [2.75, 3.05) is 0 Å². The molecule has 1 atom stereocenters. The first-order valence-corrected chi connectivity index (χ1v) is 13.4. The van der Waals surface area contributed by atoms with Gasteiger partial charge in [-0.15, -0.1) is 11.8 Å². The van der Waals surface area contributed by atoms with Gasteiger partial charge in [0.2, 0.25) is 0 Å². The molecule has 0 heterocycles. The highest BCUT2D eigenvalue weighted by Gasteiger charge is 2.40. The zero-order valence-corrected chi connectivity index (χ0v) is 22.0. The molecule has 1 amide bonds. The van der Waals surface area contributed by atoms with E-state index in [1.807, 2.05) is 26.0 Å². The number of carbonyl (C=O) groups is 2. The van der Waals surface area contributed by atoms with Crippen LogP contribution in [0.3, 0.4) is 0 Å². The first kappa shape index (κ1) is 27.8. The molecule has 1 unspecified atom stereocenters. The molecule has 0 bridgehead atoms. The van der Waals surface area contributed by atoms with Crippen LogP contribution in [-0.2, 0) is 17.6 Å². The van der Waals surface area contributed by atoms with Crippen molar-refractivity contribution in [1.82, 2.24) is 5.32 Å². The van der Waals surface area contributed by atoms with Gasteiger partial charge in [0.15, 0.2) is 0 Å². The molecular weight excluding hydrogens is 515 g/mol. The summed E-state index contributed by atoms with van der Waals surface area (Å²) >= 11 is 1.59. The molecule has 0 radical (unpaired) electrons. The Morgan fingerprint density at radius 3 is 2.32 bits per heavy atom. The number of rotatable bonds is 9. The number of carbonyl (C=O) groups excluding carboxylic acids is 1. The highest BCUT2D eigenvalue weighted by molar-refractivity contribution is 8.01. The molecule has 0 saturated heterocycles. The number of amides is 1. The van der Waals surface area contributed by atoms with Gasteiger partial charge in [0.1, 0.15) is 18.4 Å². The zero-order valence-electron chi connectivity index (χ0n) is 21.2. The minimum atomic E-state index is -4.44. The maximum atomic E-state index is 13.5. The molecular formula is C29H30F3NO4S. The molecule has 1 fully saturated rings. The highest BCUT2D eigenvalue weighted by Crippen LogP contribution is 2.40. The lowest BCUT2D eigenvalue weighted by Gasteiger charge is -2.33. The number of thioether (sulfide) groups is 1. The molecule has 38 heavy (non-hydrogen) atoms. The van der Waals surface area contributed by atoms with E-state index < -0.39 is 34.4 Å². The number of hydrogen-bond acceptors (Lipinski definition) is 4. The quantitative estimate of drug-likeness (QED) is 0.301. The molecule has 2 N–H and O–H groups in total. The van der Waals surface area contributed by atoms with Crippen LogP contribution in [0.25, 0.3) is 10.8 Å². The molecule has 202 valence electrons. The number of carboxylic acid groups (broad SMARTS) is 1. The van der Waals surface area contributed by atoms with Crippen LogP contribution in [0, 0.1) is 0 Å². The van der Waals surface area contributed by atoms with Crippen LogP contribution in [0.4, 0.5) is 13.2 Å². The van der Waals surface area contributed by atoms with Crippen molar-refractivity contribution < 1.29 is 32.6 Å². The monoisotopic (exact) mass is 545 g/mol. The lowest BCUT2D eigenvalue weighted by molar-refractivity contribution is -0.140. The maximum Gasteiger partial charge on any atom is 0.416 e. The maximum absolute atomic E-state index is 13.5. The van der Waals surface area contributed by atoms with Gasteiger partial charge in [0, 0.05) is 15.4 Å². The summed E-state index contributed by atoms with van der Waals surface area (Å²) in [5.41, 5.74) is -0.109. The summed E-state index contributed by atoms with van der Waals surface area (Å²) in [6.07, 6.45) is -0.143. The third-order valence-electron chi connectivity index (χ3n) is 6.78. The van der Waals surface area contributed by atoms with E-state index in [1.54, 1.807) is 36.0 Å². The summed E-state index contributed by atoms with van der Waals surface area (Å²) in [5.74, 6) is -1.47. The van der Waals surface area contributed by atoms with Gasteiger partial charge in [0.25, 0.3) is 5.91 Å². The van der Waals surface area contributed by atoms with E-state index in [9.17, 15) is 27.9 Å². The predicted molar refractivity (Wildman–Crippen MR) is 143 cm³/mol. The highest BCUT2D eigenvalue weighted by atomic mass is 32.2. The second-order valence-electron chi connectivity index (χ2n) is 10.0. The average molecular weight is 546 g/mol. The Kier molecular flexibility index (Phi) is 8.25. The fourth-order valence-corrected chi connectivity index (χ4v) is 6.49. The molecule has 3 aromatic rings. The van der Waals surface area contributed by atoms with E-state index in [-0.39, 0.29) is 17.9 Å². The average Bonchev–Trinajstić information content (AvgIpc) is 3.37. The molecule has 3 aromatic carbocycles. The summed E-state index contributed by atoms with van der Waals surface area (Å²) in [5, 5.41) is 14.5. The third-order valence-corrected chi connectivity index (χ3v) is 8.43. The number of ether oxygens (including phenoxy) is 1.